The number of aryl methyl sites for hydroxylation is 2. The lowest BCUT2D eigenvalue weighted by atomic mass is 10.1. The van der Waals surface area contributed by atoms with Gasteiger partial charge in [-0.15, -0.1) is 0 Å². The molecule has 1 aliphatic rings. The molecule has 33 heavy (non-hydrogen) atoms. The van der Waals surface area contributed by atoms with Crippen LogP contribution >= 0.6 is 0 Å². The molecule has 8 nitrogen and oxygen atoms in total. The minimum Gasteiger partial charge on any atom is -0.444 e. The van der Waals surface area contributed by atoms with Crippen LogP contribution in [0.3, 0.4) is 0 Å². The van der Waals surface area contributed by atoms with Gasteiger partial charge in [0.25, 0.3) is 5.91 Å². The zero-order chi connectivity index (χ0) is 24.4. The van der Waals surface area contributed by atoms with Gasteiger partial charge in [0.1, 0.15) is 5.60 Å². The Labute approximate surface area is 195 Å². The summed E-state index contributed by atoms with van der Waals surface area (Å²) in [4.78, 5) is 27.0. The van der Waals surface area contributed by atoms with Crippen molar-refractivity contribution >= 4 is 27.7 Å². The molecule has 0 spiro atoms. The van der Waals surface area contributed by atoms with Crippen molar-refractivity contribution in [3.05, 3.63) is 59.2 Å². The highest BCUT2D eigenvalue weighted by molar-refractivity contribution is 7.89. The van der Waals surface area contributed by atoms with Crippen molar-refractivity contribution in [2.45, 2.75) is 45.1 Å². The van der Waals surface area contributed by atoms with Gasteiger partial charge in [-0.3, -0.25) is 10.1 Å². The lowest BCUT2D eigenvalue weighted by Crippen LogP contribution is -2.50. The van der Waals surface area contributed by atoms with Gasteiger partial charge >= 0.3 is 6.09 Å². The maximum absolute atomic E-state index is 13.1. The van der Waals surface area contributed by atoms with Crippen LogP contribution in [0.25, 0.3) is 0 Å². The van der Waals surface area contributed by atoms with Gasteiger partial charge in [0.15, 0.2) is 0 Å². The van der Waals surface area contributed by atoms with E-state index in [1.54, 1.807) is 69.0 Å². The second-order valence-corrected chi connectivity index (χ2v) is 11.1. The molecule has 0 saturated carbocycles. The van der Waals surface area contributed by atoms with Gasteiger partial charge in [0.2, 0.25) is 10.0 Å². The molecule has 0 radical (unpaired) electrons. The predicted octanol–water partition coefficient (Wildman–Crippen LogP) is 3.80. The molecule has 0 unspecified atom stereocenters. The molecule has 2 aromatic rings. The Morgan fingerprint density at radius 3 is 2.27 bits per heavy atom. The number of piperazine rings is 1. The summed E-state index contributed by atoms with van der Waals surface area (Å²) in [6, 6.07) is 12.0. The minimum atomic E-state index is -3.63. The Bertz CT molecular complexity index is 1150. The van der Waals surface area contributed by atoms with Crippen LogP contribution in [0.15, 0.2) is 47.4 Å². The summed E-state index contributed by atoms with van der Waals surface area (Å²) >= 11 is 0. The summed E-state index contributed by atoms with van der Waals surface area (Å²) in [7, 11) is -3.63. The average Bonchev–Trinajstić information content (AvgIpc) is 2.73. The molecular weight excluding hydrogens is 442 g/mol. The number of hydrogen-bond acceptors (Lipinski definition) is 5. The number of sulfonamides is 1. The van der Waals surface area contributed by atoms with Gasteiger partial charge in [0, 0.05) is 37.4 Å². The van der Waals surface area contributed by atoms with Crippen molar-refractivity contribution in [1.82, 2.24) is 9.21 Å². The van der Waals surface area contributed by atoms with Crippen LogP contribution in [0.1, 0.15) is 42.3 Å². The van der Waals surface area contributed by atoms with Crippen LogP contribution in [-0.2, 0) is 14.8 Å². The van der Waals surface area contributed by atoms with Gasteiger partial charge in [-0.05, 0) is 70.0 Å². The van der Waals surface area contributed by atoms with Crippen molar-refractivity contribution in [3.8, 4) is 0 Å². The van der Waals surface area contributed by atoms with E-state index in [0.29, 0.717) is 21.7 Å². The van der Waals surface area contributed by atoms with E-state index in [9.17, 15) is 18.0 Å². The standard InChI is InChI=1S/C24H31N3O5S/c1-17-9-10-18(2)21(15-17)33(30,31)27-13-11-26(12-14-27)22(28)19-7-6-8-20(16-19)25-23(29)32-24(3,4)5/h6-10,15-16H,11-14H2,1-5H3,(H,25,29). The lowest BCUT2D eigenvalue weighted by molar-refractivity contribution is 0.0634. The molecule has 1 fully saturated rings. The molecule has 1 aliphatic heterocycles. The van der Waals surface area contributed by atoms with Crippen LogP contribution in [0, 0.1) is 13.8 Å². The normalized spacial score (nSPS) is 15.2. The zero-order valence-electron chi connectivity index (χ0n) is 19.7. The highest BCUT2D eigenvalue weighted by atomic mass is 32.2. The number of nitrogens with zero attached hydrogens (tertiary/aromatic N) is 2. The monoisotopic (exact) mass is 473 g/mol. The van der Waals surface area contributed by atoms with E-state index in [1.165, 1.54) is 4.31 Å². The molecule has 0 aromatic heterocycles. The van der Waals surface area contributed by atoms with Crippen molar-refractivity contribution in [3.63, 3.8) is 0 Å². The Kier molecular flexibility index (Phi) is 7.14. The van der Waals surface area contributed by atoms with Crippen LogP contribution in [0.5, 0.6) is 0 Å². The quantitative estimate of drug-likeness (QED) is 0.729. The maximum atomic E-state index is 13.1. The number of carbonyl (C=O) groups is 2. The Morgan fingerprint density at radius 2 is 1.64 bits per heavy atom. The molecule has 178 valence electrons. The van der Waals surface area contributed by atoms with Crippen molar-refractivity contribution < 1.29 is 22.7 Å². The number of anilines is 1. The number of nitrogens with one attached hydrogen (secondary N) is 1. The van der Waals surface area contributed by atoms with E-state index in [0.717, 1.165) is 5.56 Å². The highest BCUT2D eigenvalue weighted by Gasteiger charge is 2.31. The fourth-order valence-electron chi connectivity index (χ4n) is 3.59. The number of carbonyl (C=O) groups excluding carboxylic acids is 2. The minimum absolute atomic E-state index is 0.216. The first kappa shape index (κ1) is 24.7. The van der Waals surface area contributed by atoms with Crippen molar-refractivity contribution in [1.29, 1.82) is 0 Å². The molecule has 1 heterocycles. The number of benzene rings is 2. The summed E-state index contributed by atoms with van der Waals surface area (Å²) in [6.45, 7) is 9.96. The number of rotatable bonds is 4. The van der Waals surface area contributed by atoms with Gasteiger partial charge in [-0.25, -0.2) is 13.2 Å². The number of ether oxygens (including phenoxy) is 1. The molecule has 0 bridgehead atoms. The van der Waals surface area contributed by atoms with Crippen molar-refractivity contribution in [2.24, 2.45) is 0 Å². The summed E-state index contributed by atoms with van der Waals surface area (Å²) in [6.07, 6.45) is -0.600. The third-order valence-corrected chi connectivity index (χ3v) is 7.28. The number of hydrogen-bond donors (Lipinski definition) is 1. The van der Waals surface area contributed by atoms with Crippen LogP contribution in [0.4, 0.5) is 10.5 Å². The SMILES string of the molecule is Cc1ccc(C)c(S(=O)(=O)N2CCN(C(=O)c3cccc(NC(=O)OC(C)(C)C)c3)CC2)c1. The topological polar surface area (TPSA) is 96.0 Å². The lowest BCUT2D eigenvalue weighted by Gasteiger charge is -2.34. The van der Waals surface area contributed by atoms with Crippen LogP contribution < -0.4 is 5.32 Å². The summed E-state index contributed by atoms with van der Waals surface area (Å²) < 4.78 is 32.9. The van der Waals surface area contributed by atoms with Crippen LogP contribution in [0.2, 0.25) is 0 Å². The first-order valence-corrected chi connectivity index (χ1v) is 12.3. The van der Waals surface area contributed by atoms with E-state index in [2.05, 4.69) is 5.32 Å². The second-order valence-electron chi connectivity index (χ2n) is 9.17. The second kappa shape index (κ2) is 9.52. The van der Waals surface area contributed by atoms with E-state index < -0.39 is 21.7 Å². The Morgan fingerprint density at radius 1 is 0.970 bits per heavy atom. The van der Waals surface area contributed by atoms with Gasteiger partial charge in [-0.2, -0.15) is 4.31 Å². The average molecular weight is 474 g/mol. The van der Waals surface area contributed by atoms with E-state index in [1.807, 2.05) is 13.0 Å². The third kappa shape index (κ3) is 6.11. The third-order valence-electron chi connectivity index (χ3n) is 5.24. The van der Waals surface area contributed by atoms with E-state index >= 15 is 0 Å². The molecule has 0 aliphatic carbocycles. The molecular formula is C24H31N3O5S. The predicted molar refractivity (Wildman–Crippen MR) is 127 cm³/mol. The molecule has 2 amide bonds. The summed E-state index contributed by atoms with van der Waals surface area (Å²) in [5.74, 6) is -0.216. The summed E-state index contributed by atoms with van der Waals surface area (Å²) in [5, 5.41) is 2.63. The van der Waals surface area contributed by atoms with Gasteiger partial charge in [-0.1, -0.05) is 18.2 Å². The molecule has 9 heteroatoms. The van der Waals surface area contributed by atoms with E-state index in [-0.39, 0.29) is 32.1 Å². The number of amides is 2. The fraction of sp³-hybridized carbons (Fsp3) is 0.417. The Hall–Kier alpha value is -2.91. The summed E-state index contributed by atoms with van der Waals surface area (Å²) in [5.41, 5.74) is 1.82. The molecule has 2 aromatic carbocycles. The highest BCUT2D eigenvalue weighted by Crippen LogP contribution is 2.23. The molecule has 1 N–H and O–H groups in total. The molecule has 1 saturated heterocycles. The van der Waals surface area contributed by atoms with Crippen molar-refractivity contribution in [2.75, 3.05) is 31.5 Å². The first-order valence-electron chi connectivity index (χ1n) is 10.8. The van der Waals surface area contributed by atoms with E-state index in [4.69, 9.17) is 4.74 Å². The van der Waals surface area contributed by atoms with Crippen LogP contribution in [-0.4, -0.2) is 61.4 Å². The maximum Gasteiger partial charge on any atom is 0.412 e. The Balaban J connectivity index is 1.66. The molecule has 0 atom stereocenters. The van der Waals surface area contributed by atoms with Gasteiger partial charge < -0.3 is 9.64 Å². The largest absolute Gasteiger partial charge is 0.444 e. The molecule has 3 rings (SSSR count). The first-order chi connectivity index (χ1) is 15.4. The fourth-order valence-corrected chi connectivity index (χ4v) is 5.32. The zero-order valence-corrected chi connectivity index (χ0v) is 20.5. The van der Waals surface area contributed by atoms with Gasteiger partial charge in [0.05, 0.1) is 4.90 Å². The smallest absolute Gasteiger partial charge is 0.412 e.